The number of hydrogen-bond donors (Lipinski definition) is 2. The van der Waals surface area contributed by atoms with E-state index in [1.165, 1.54) is 10.8 Å². The van der Waals surface area contributed by atoms with Crippen molar-refractivity contribution in [2.24, 2.45) is 5.92 Å². The van der Waals surface area contributed by atoms with E-state index in [4.69, 9.17) is 9.47 Å². The van der Waals surface area contributed by atoms with Gasteiger partial charge in [-0.3, -0.25) is 0 Å². The number of benzene rings is 4. The number of carboxylic acids is 1. The molecule has 2 N–H and O–H groups in total. The van der Waals surface area contributed by atoms with Gasteiger partial charge >= 0.3 is 5.97 Å². The van der Waals surface area contributed by atoms with Crippen LogP contribution in [0.25, 0.3) is 10.8 Å². The molecule has 0 saturated heterocycles. The standard InChI is InChI=1S/C28H24O5/c29-27-23(13-18-4-3-7-22(12-18)28(30)31)17-33-26-11-10-24(15-25(26)27)32-16-19-8-9-20-5-1-2-6-21(20)14-19/h1-12,14-15,23,27,29H,13,16-17H2,(H,30,31). The van der Waals surface area contributed by atoms with Crippen molar-refractivity contribution in [3.8, 4) is 11.5 Å². The summed E-state index contributed by atoms with van der Waals surface area (Å²) in [5.74, 6) is 0.169. The molecule has 5 rings (SSSR count). The lowest BCUT2D eigenvalue weighted by molar-refractivity contribution is 0.0504. The summed E-state index contributed by atoms with van der Waals surface area (Å²) in [7, 11) is 0. The van der Waals surface area contributed by atoms with Crippen LogP contribution in [0, 0.1) is 5.92 Å². The smallest absolute Gasteiger partial charge is 0.335 e. The zero-order valence-corrected chi connectivity index (χ0v) is 18.0. The van der Waals surface area contributed by atoms with Gasteiger partial charge in [-0.2, -0.15) is 0 Å². The molecular formula is C28H24O5. The summed E-state index contributed by atoms with van der Waals surface area (Å²) in [4.78, 5) is 11.3. The summed E-state index contributed by atoms with van der Waals surface area (Å²) in [6, 6.07) is 26.8. The number of ether oxygens (including phenoxy) is 2. The fourth-order valence-electron chi connectivity index (χ4n) is 4.32. The molecule has 0 aliphatic carbocycles. The number of rotatable bonds is 6. The Hall–Kier alpha value is -3.83. The van der Waals surface area contributed by atoms with E-state index in [2.05, 4.69) is 30.3 Å². The van der Waals surface area contributed by atoms with E-state index in [1.54, 1.807) is 18.2 Å². The van der Waals surface area contributed by atoms with E-state index < -0.39 is 12.1 Å². The van der Waals surface area contributed by atoms with Gasteiger partial charge in [0.05, 0.1) is 18.3 Å². The third-order valence-electron chi connectivity index (χ3n) is 6.09. The minimum absolute atomic E-state index is 0.183. The molecule has 4 aromatic carbocycles. The summed E-state index contributed by atoms with van der Waals surface area (Å²) < 4.78 is 11.9. The van der Waals surface area contributed by atoms with Gasteiger partial charge in [0.1, 0.15) is 18.1 Å². The maximum atomic E-state index is 11.3. The normalized spacial score (nSPS) is 17.2. The van der Waals surface area contributed by atoms with Crippen LogP contribution in [0.15, 0.2) is 84.9 Å². The predicted molar refractivity (Wildman–Crippen MR) is 126 cm³/mol. The second kappa shape index (κ2) is 8.96. The van der Waals surface area contributed by atoms with E-state index >= 15 is 0 Å². The van der Waals surface area contributed by atoms with Crippen molar-refractivity contribution in [3.63, 3.8) is 0 Å². The van der Waals surface area contributed by atoms with Crippen LogP contribution in [0.3, 0.4) is 0 Å². The van der Waals surface area contributed by atoms with Crippen LogP contribution in [-0.2, 0) is 13.0 Å². The van der Waals surface area contributed by atoms with Crippen LogP contribution in [0.4, 0.5) is 0 Å². The molecule has 2 unspecified atom stereocenters. The molecule has 2 atom stereocenters. The first kappa shape index (κ1) is 21.0. The molecule has 5 heteroatoms. The number of carbonyl (C=O) groups is 1. The van der Waals surface area contributed by atoms with Crippen molar-refractivity contribution in [2.75, 3.05) is 6.61 Å². The van der Waals surface area contributed by atoms with Gasteiger partial charge in [-0.05, 0) is 64.7 Å². The second-order valence-electron chi connectivity index (χ2n) is 8.40. The molecular weight excluding hydrogens is 416 g/mol. The maximum absolute atomic E-state index is 11.3. The summed E-state index contributed by atoms with van der Waals surface area (Å²) in [6.45, 7) is 0.786. The van der Waals surface area contributed by atoms with Crippen molar-refractivity contribution >= 4 is 16.7 Å². The quantitative estimate of drug-likeness (QED) is 0.420. The minimum atomic E-state index is -0.962. The Morgan fingerprint density at radius 1 is 0.909 bits per heavy atom. The van der Waals surface area contributed by atoms with Gasteiger partial charge in [-0.25, -0.2) is 4.79 Å². The Kier molecular flexibility index (Phi) is 5.71. The van der Waals surface area contributed by atoms with Crippen LogP contribution < -0.4 is 9.47 Å². The molecule has 0 amide bonds. The molecule has 33 heavy (non-hydrogen) atoms. The third-order valence-corrected chi connectivity index (χ3v) is 6.09. The van der Waals surface area contributed by atoms with Crippen LogP contribution in [-0.4, -0.2) is 22.8 Å². The zero-order chi connectivity index (χ0) is 22.8. The number of fused-ring (bicyclic) bond motifs is 2. The summed E-state index contributed by atoms with van der Waals surface area (Å²) in [5.41, 5.74) is 2.86. The molecule has 1 aliphatic rings. The van der Waals surface area contributed by atoms with E-state index in [1.807, 2.05) is 36.4 Å². The maximum Gasteiger partial charge on any atom is 0.335 e. The molecule has 166 valence electrons. The molecule has 0 fully saturated rings. The molecule has 1 aliphatic heterocycles. The third kappa shape index (κ3) is 4.54. The fourth-order valence-corrected chi connectivity index (χ4v) is 4.32. The molecule has 4 aromatic rings. The number of carboxylic acid groups (broad SMARTS) is 1. The monoisotopic (exact) mass is 440 g/mol. The van der Waals surface area contributed by atoms with Gasteiger partial charge < -0.3 is 19.7 Å². The SMILES string of the molecule is O=C(O)c1cccc(CC2COc3ccc(OCc4ccc5ccccc5c4)cc3C2O)c1. The molecule has 0 spiro atoms. The first-order valence-electron chi connectivity index (χ1n) is 10.9. The lowest BCUT2D eigenvalue weighted by atomic mass is 9.88. The van der Waals surface area contributed by atoms with Crippen LogP contribution in [0.1, 0.15) is 33.2 Å². The molecule has 0 bridgehead atoms. The highest BCUT2D eigenvalue weighted by Crippen LogP contribution is 2.39. The first-order valence-corrected chi connectivity index (χ1v) is 10.9. The largest absolute Gasteiger partial charge is 0.493 e. The van der Waals surface area contributed by atoms with Crippen LogP contribution >= 0.6 is 0 Å². The van der Waals surface area contributed by atoms with Gasteiger partial charge in [0.25, 0.3) is 0 Å². The average Bonchev–Trinajstić information content (AvgIpc) is 2.84. The van der Waals surface area contributed by atoms with Gasteiger partial charge in [-0.15, -0.1) is 0 Å². The first-order chi connectivity index (χ1) is 16.1. The lowest BCUT2D eigenvalue weighted by Gasteiger charge is -2.30. The van der Waals surface area contributed by atoms with Crippen LogP contribution in [0.2, 0.25) is 0 Å². The van der Waals surface area contributed by atoms with E-state index in [9.17, 15) is 15.0 Å². The Balaban J connectivity index is 1.30. The topological polar surface area (TPSA) is 76.0 Å². The highest BCUT2D eigenvalue weighted by Gasteiger charge is 2.30. The van der Waals surface area contributed by atoms with Gasteiger partial charge in [0, 0.05) is 11.5 Å². The summed E-state index contributed by atoms with van der Waals surface area (Å²) in [5, 5.41) is 22.6. The summed E-state index contributed by atoms with van der Waals surface area (Å²) >= 11 is 0. The number of hydrogen-bond acceptors (Lipinski definition) is 4. The zero-order valence-electron chi connectivity index (χ0n) is 18.0. The Labute approximate surface area is 191 Å². The van der Waals surface area contributed by atoms with Crippen molar-refractivity contribution in [1.82, 2.24) is 0 Å². The highest BCUT2D eigenvalue weighted by molar-refractivity contribution is 5.87. The van der Waals surface area contributed by atoms with Crippen molar-refractivity contribution in [2.45, 2.75) is 19.1 Å². The summed E-state index contributed by atoms with van der Waals surface area (Å²) in [6.07, 6.45) is -0.212. The predicted octanol–water partition coefficient (Wildman–Crippen LogP) is 5.40. The van der Waals surface area contributed by atoms with Crippen LogP contribution in [0.5, 0.6) is 11.5 Å². The molecule has 1 heterocycles. The van der Waals surface area contributed by atoms with E-state index in [-0.39, 0.29) is 11.5 Å². The van der Waals surface area contributed by atoms with E-state index in [0.29, 0.717) is 36.7 Å². The van der Waals surface area contributed by atoms with Gasteiger partial charge in [0.2, 0.25) is 0 Å². The fraction of sp³-hybridized carbons (Fsp3) is 0.179. The van der Waals surface area contributed by atoms with Crippen molar-refractivity contribution < 1.29 is 24.5 Å². The lowest BCUT2D eigenvalue weighted by Crippen LogP contribution is -2.27. The number of aliphatic hydroxyl groups excluding tert-OH is 1. The van der Waals surface area contributed by atoms with Crippen molar-refractivity contribution in [3.05, 3.63) is 107 Å². The van der Waals surface area contributed by atoms with Gasteiger partial charge in [0.15, 0.2) is 0 Å². The van der Waals surface area contributed by atoms with Gasteiger partial charge in [-0.1, -0.05) is 48.5 Å². The Bertz CT molecular complexity index is 1310. The molecule has 5 nitrogen and oxygen atoms in total. The Morgan fingerprint density at radius 2 is 1.76 bits per heavy atom. The number of aliphatic hydroxyl groups is 1. The second-order valence-corrected chi connectivity index (χ2v) is 8.40. The van der Waals surface area contributed by atoms with Crippen molar-refractivity contribution in [1.29, 1.82) is 0 Å². The highest BCUT2D eigenvalue weighted by atomic mass is 16.5. The molecule has 0 radical (unpaired) electrons. The number of aromatic carboxylic acids is 1. The van der Waals surface area contributed by atoms with E-state index in [0.717, 1.165) is 11.1 Å². The minimum Gasteiger partial charge on any atom is -0.493 e. The molecule has 0 saturated carbocycles. The average molecular weight is 440 g/mol. The molecule has 0 aromatic heterocycles. The Morgan fingerprint density at radius 3 is 2.61 bits per heavy atom.